The largest absolute Gasteiger partial charge is 0.463 e. The molecule has 0 saturated heterocycles. The van der Waals surface area contributed by atoms with Crippen LogP contribution in [0.2, 0.25) is 0 Å². The molecule has 1 aliphatic rings. The number of rotatable bonds is 6. The molecule has 1 aliphatic carbocycles. The highest BCUT2D eigenvalue weighted by molar-refractivity contribution is 5.94. The monoisotopic (exact) mass is 451 g/mol. The zero-order valence-corrected chi connectivity index (χ0v) is 17.2. The minimum Gasteiger partial charge on any atom is -0.463 e. The second-order valence-electron chi connectivity index (χ2n) is 7.79. The number of aromatic nitrogens is 2. The van der Waals surface area contributed by atoms with Gasteiger partial charge in [-0.2, -0.15) is 18.3 Å². The van der Waals surface area contributed by atoms with Crippen molar-refractivity contribution >= 4 is 5.91 Å². The van der Waals surface area contributed by atoms with E-state index in [0.29, 0.717) is 18.5 Å². The number of alkyl halides is 3. The molecule has 1 amide bonds. The van der Waals surface area contributed by atoms with Gasteiger partial charge in [-0.1, -0.05) is 0 Å². The minimum atomic E-state index is -4.99. The van der Waals surface area contributed by atoms with Crippen molar-refractivity contribution in [2.45, 2.75) is 44.4 Å². The molecule has 6 nitrogen and oxygen atoms in total. The number of amides is 1. The number of nitrogens with one attached hydrogen (secondary N) is 1. The number of hydrogen-bond acceptors (Lipinski definition) is 4. The van der Waals surface area contributed by atoms with Crippen LogP contribution in [0, 0.1) is 12.7 Å². The van der Waals surface area contributed by atoms with Crippen molar-refractivity contribution in [3.05, 3.63) is 70.7 Å². The first-order valence-electron chi connectivity index (χ1n) is 10.1. The fraction of sp³-hybridized carbons (Fsp3) is 0.364. The molecule has 4 rings (SSSR count). The van der Waals surface area contributed by atoms with Crippen LogP contribution in [0.1, 0.15) is 46.1 Å². The molecule has 2 N–H and O–H groups in total. The summed E-state index contributed by atoms with van der Waals surface area (Å²) in [6.45, 7) is 1.02. The van der Waals surface area contributed by atoms with Gasteiger partial charge in [-0.25, -0.2) is 9.07 Å². The van der Waals surface area contributed by atoms with Gasteiger partial charge >= 0.3 is 6.18 Å². The Balaban J connectivity index is 1.52. The predicted molar refractivity (Wildman–Crippen MR) is 106 cm³/mol. The summed E-state index contributed by atoms with van der Waals surface area (Å²) in [5, 5.41) is 17.1. The Morgan fingerprint density at radius 2 is 1.91 bits per heavy atom. The molecule has 1 atom stereocenters. The van der Waals surface area contributed by atoms with Crippen molar-refractivity contribution in [3.8, 4) is 5.69 Å². The zero-order chi connectivity index (χ0) is 23.1. The quantitative estimate of drug-likeness (QED) is 0.556. The fourth-order valence-electron chi connectivity index (χ4n) is 3.92. The van der Waals surface area contributed by atoms with E-state index in [-0.39, 0.29) is 11.5 Å². The van der Waals surface area contributed by atoms with Gasteiger partial charge in [-0.15, -0.1) is 0 Å². The Bertz CT molecular complexity index is 1130. The highest BCUT2D eigenvalue weighted by atomic mass is 19.4. The van der Waals surface area contributed by atoms with Crippen LogP contribution in [0.4, 0.5) is 17.6 Å². The summed E-state index contributed by atoms with van der Waals surface area (Å²) in [6.07, 6.45) is -3.72. The van der Waals surface area contributed by atoms with E-state index in [4.69, 9.17) is 4.42 Å². The van der Waals surface area contributed by atoms with E-state index in [1.807, 2.05) is 0 Å². The highest BCUT2D eigenvalue weighted by Gasteiger charge is 2.56. The van der Waals surface area contributed by atoms with Crippen LogP contribution in [-0.2, 0) is 18.4 Å². The van der Waals surface area contributed by atoms with Crippen LogP contribution in [0.5, 0.6) is 0 Å². The van der Waals surface area contributed by atoms with Gasteiger partial charge in [0.05, 0.1) is 5.69 Å². The second-order valence-corrected chi connectivity index (χ2v) is 7.79. The molecule has 2 heterocycles. The van der Waals surface area contributed by atoms with Crippen LogP contribution >= 0.6 is 0 Å². The van der Waals surface area contributed by atoms with Gasteiger partial charge in [-0.05, 0) is 62.6 Å². The number of nitrogens with zero attached hydrogens (tertiary/aromatic N) is 2. The first-order valence-corrected chi connectivity index (χ1v) is 10.1. The van der Waals surface area contributed by atoms with Crippen molar-refractivity contribution in [3.63, 3.8) is 0 Å². The lowest BCUT2D eigenvalue weighted by Gasteiger charge is -2.28. The lowest BCUT2D eigenvalue weighted by molar-refractivity contribution is -0.274. The Kier molecular flexibility index (Phi) is 5.58. The van der Waals surface area contributed by atoms with Crippen LogP contribution in [0.3, 0.4) is 0 Å². The molecule has 0 bridgehead atoms. The molecule has 10 heteroatoms. The SMILES string of the molecule is Cc1ccc([C@@](O)(CCNC(=O)c2nn(-c3ccc(F)cc3)c3c2CCC3)C(F)(F)F)o1. The molecule has 3 aromatic rings. The van der Waals surface area contributed by atoms with Crippen LogP contribution in [-0.4, -0.2) is 33.5 Å². The molecule has 0 aliphatic heterocycles. The number of carbonyl (C=O) groups is 1. The van der Waals surface area contributed by atoms with Gasteiger partial charge in [-0.3, -0.25) is 4.79 Å². The molecule has 2 aromatic heterocycles. The van der Waals surface area contributed by atoms with Crippen molar-refractivity contribution in [1.82, 2.24) is 15.1 Å². The predicted octanol–water partition coefficient (Wildman–Crippen LogP) is 3.97. The minimum absolute atomic E-state index is 0.117. The maximum atomic E-state index is 13.6. The maximum absolute atomic E-state index is 13.6. The number of aliphatic hydroxyl groups is 1. The van der Waals surface area contributed by atoms with Gasteiger partial charge in [0.1, 0.15) is 17.3 Å². The third-order valence-corrected chi connectivity index (χ3v) is 5.61. The fourth-order valence-corrected chi connectivity index (χ4v) is 3.92. The zero-order valence-electron chi connectivity index (χ0n) is 17.2. The Labute approximate surface area is 180 Å². The summed E-state index contributed by atoms with van der Waals surface area (Å²) < 4.78 is 60.6. The summed E-state index contributed by atoms with van der Waals surface area (Å²) in [6, 6.07) is 8.05. The van der Waals surface area contributed by atoms with Crippen molar-refractivity contribution in [2.75, 3.05) is 6.54 Å². The third kappa shape index (κ3) is 3.90. The van der Waals surface area contributed by atoms with E-state index in [2.05, 4.69) is 10.4 Å². The second kappa shape index (κ2) is 8.09. The van der Waals surface area contributed by atoms with Gasteiger partial charge in [0.2, 0.25) is 5.60 Å². The molecule has 0 saturated carbocycles. The van der Waals surface area contributed by atoms with E-state index in [0.717, 1.165) is 23.7 Å². The van der Waals surface area contributed by atoms with Crippen LogP contribution in [0.25, 0.3) is 5.69 Å². The summed E-state index contributed by atoms with van der Waals surface area (Å²) in [4.78, 5) is 12.7. The number of halogens is 4. The van der Waals surface area contributed by atoms with Crippen molar-refractivity contribution in [1.29, 1.82) is 0 Å². The summed E-state index contributed by atoms with van der Waals surface area (Å²) in [5.41, 5.74) is -0.988. The molecule has 0 radical (unpaired) electrons. The number of aryl methyl sites for hydroxylation is 1. The first kappa shape index (κ1) is 22.1. The van der Waals surface area contributed by atoms with Gasteiger partial charge in [0.15, 0.2) is 5.69 Å². The van der Waals surface area contributed by atoms with Gasteiger partial charge in [0.25, 0.3) is 5.91 Å². The van der Waals surface area contributed by atoms with Crippen molar-refractivity contribution < 1.29 is 31.9 Å². The van der Waals surface area contributed by atoms with E-state index < -0.39 is 42.2 Å². The average Bonchev–Trinajstić information content (AvgIpc) is 3.44. The van der Waals surface area contributed by atoms with E-state index in [1.54, 1.807) is 4.68 Å². The molecule has 0 unspecified atom stereocenters. The summed E-state index contributed by atoms with van der Waals surface area (Å²) >= 11 is 0. The number of furan rings is 1. The molecule has 0 fully saturated rings. The standard InChI is InChI=1S/C22H21F4N3O3/c1-13-5-10-18(32-13)21(31,22(24,25)26)11-12-27-20(30)19-16-3-2-4-17(16)29(28-19)15-8-6-14(23)7-9-15/h5-10,31H,2-4,11-12H2,1H3,(H,27,30)/t21-/m0/s1. The van der Waals surface area contributed by atoms with E-state index >= 15 is 0 Å². The summed E-state index contributed by atoms with van der Waals surface area (Å²) in [7, 11) is 0. The highest BCUT2D eigenvalue weighted by Crippen LogP contribution is 2.42. The molecule has 1 aromatic carbocycles. The van der Waals surface area contributed by atoms with Gasteiger partial charge in [0, 0.05) is 24.2 Å². The number of carbonyl (C=O) groups excluding carboxylic acids is 1. The van der Waals surface area contributed by atoms with E-state index in [1.165, 1.54) is 37.3 Å². The smallest absolute Gasteiger partial charge is 0.424 e. The van der Waals surface area contributed by atoms with Crippen LogP contribution in [0.15, 0.2) is 40.8 Å². The molecule has 32 heavy (non-hydrogen) atoms. The third-order valence-electron chi connectivity index (χ3n) is 5.61. The first-order chi connectivity index (χ1) is 15.1. The number of fused-ring (bicyclic) bond motifs is 1. The lowest BCUT2D eigenvalue weighted by atomic mass is 9.95. The normalized spacial score (nSPS) is 15.4. The lowest BCUT2D eigenvalue weighted by Crippen LogP contribution is -2.44. The van der Waals surface area contributed by atoms with Gasteiger partial charge < -0.3 is 14.8 Å². The Hall–Kier alpha value is -3.14. The van der Waals surface area contributed by atoms with Crippen molar-refractivity contribution in [2.24, 2.45) is 0 Å². The molecule has 170 valence electrons. The molecule has 0 spiro atoms. The molecular weight excluding hydrogens is 430 g/mol. The number of benzene rings is 1. The van der Waals surface area contributed by atoms with Crippen LogP contribution < -0.4 is 5.32 Å². The average molecular weight is 451 g/mol. The Morgan fingerprint density at radius 3 is 2.53 bits per heavy atom. The maximum Gasteiger partial charge on any atom is 0.424 e. The molecular formula is C22H21F4N3O3. The Morgan fingerprint density at radius 1 is 1.19 bits per heavy atom. The topological polar surface area (TPSA) is 80.3 Å². The van der Waals surface area contributed by atoms with E-state index in [9.17, 15) is 27.5 Å². The summed E-state index contributed by atoms with van der Waals surface area (Å²) in [5.74, 6) is -1.43. The number of hydrogen-bond donors (Lipinski definition) is 2.